The molecule has 2 atom stereocenters. The van der Waals surface area contributed by atoms with Crippen molar-refractivity contribution >= 4 is 5.97 Å². The molecule has 19 heavy (non-hydrogen) atoms. The summed E-state index contributed by atoms with van der Waals surface area (Å²) in [5.41, 5.74) is -0.695. The Bertz CT molecular complexity index is 327. The summed E-state index contributed by atoms with van der Waals surface area (Å²) in [7, 11) is 1.77. The van der Waals surface area contributed by atoms with E-state index < -0.39 is 11.5 Å². The number of carboxylic acid groups (broad SMARTS) is 1. The first-order chi connectivity index (χ1) is 8.98. The minimum atomic E-state index is -0.696. The van der Waals surface area contributed by atoms with Crippen molar-refractivity contribution in [3.63, 3.8) is 0 Å². The summed E-state index contributed by atoms with van der Waals surface area (Å²) in [5, 5.41) is 12.4. The maximum atomic E-state index is 11.4. The third-order valence-corrected chi connectivity index (χ3v) is 4.97. The summed E-state index contributed by atoms with van der Waals surface area (Å²) in [6.45, 7) is 8.83. The average molecular weight is 269 g/mol. The lowest BCUT2D eigenvalue weighted by molar-refractivity contribution is -0.144. The Labute approximate surface area is 115 Å². The molecule has 1 aliphatic heterocycles. The summed E-state index contributed by atoms with van der Waals surface area (Å²) in [4.78, 5) is 16.4. The topological polar surface area (TPSA) is 55.8 Å². The van der Waals surface area contributed by atoms with E-state index in [1.54, 1.807) is 7.05 Å². The largest absolute Gasteiger partial charge is 0.480 e. The van der Waals surface area contributed by atoms with Crippen LogP contribution < -0.4 is 5.32 Å². The second-order valence-electron chi connectivity index (χ2n) is 6.20. The molecule has 0 bridgehead atoms. The fourth-order valence-corrected chi connectivity index (χ4v) is 3.48. The molecule has 0 amide bonds. The van der Waals surface area contributed by atoms with Crippen LogP contribution in [-0.2, 0) is 4.79 Å². The van der Waals surface area contributed by atoms with Gasteiger partial charge in [-0.05, 0) is 40.2 Å². The van der Waals surface area contributed by atoms with Crippen molar-refractivity contribution in [3.05, 3.63) is 0 Å². The molecule has 2 unspecified atom stereocenters. The number of carboxylic acids is 1. The van der Waals surface area contributed by atoms with Crippen LogP contribution in [0, 0.1) is 0 Å². The lowest BCUT2D eigenvalue weighted by atomic mass is 9.97. The Kier molecular flexibility index (Phi) is 4.48. The van der Waals surface area contributed by atoms with Crippen LogP contribution in [-0.4, -0.2) is 71.7 Å². The Morgan fingerprint density at radius 1 is 1.32 bits per heavy atom. The number of nitrogens with one attached hydrogen (secondary N) is 1. The van der Waals surface area contributed by atoms with Gasteiger partial charge in [0.05, 0.1) is 0 Å². The minimum Gasteiger partial charge on any atom is -0.480 e. The fourth-order valence-electron chi connectivity index (χ4n) is 3.48. The second-order valence-corrected chi connectivity index (χ2v) is 6.20. The van der Waals surface area contributed by atoms with Gasteiger partial charge in [-0.15, -0.1) is 0 Å². The van der Waals surface area contributed by atoms with Crippen molar-refractivity contribution in [2.75, 3.05) is 33.2 Å². The molecule has 1 saturated heterocycles. The van der Waals surface area contributed by atoms with Gasteiger partial charge in [-0.25, -0.2) is 0 Å². The molecule has 2 aliphatic rings. The number of hydrogen-bond donors (Lipinski definition) is 2. The van der Waals surface area contributed by atoms with E-state index in [1.807, 2.05) is 0 Å². The monoisotopic (exact) mass is 269 g/mol. The molecule has 1 heterocycles. The summed E-state index contributed by atoms with van der Waals surface area (Å²) < 4.78 is 0. The van der Waals surface area contributed by atoms with E-state index >= 15 is 0 Å². The van der Waals surface area contributed by atoms with Crippen LogP contribution in [0.1, 0.15) is 33.1 Å². The van der Waals surface area contributed by atoms with Gasteiger partial charge < -0.3 is 10.4 Å². The number of nitrogens with zero attached hydrogens (tertiary/aromatic N) is 2. The Hall–Kier alpha value is -0.650. The molecule has 5 heteroatoms. The molecule has 110 valence electrons. The first-order valence-corrected chi connectivity index (χ1v) is 7.39. The van der Waals surface area contributed by atoms with Crippen molar-refractivity contribution in [2.45, 2.75) is 50.7 Å². The predicted molar refractivity (Wildman–Crippen MR) is 75.3 cm³/mol. The molecule has 2 N–H and O–H groups in total. The fraction of sp³-hybridized carbons (Fsp3) is 0.929. The second kappa shape index (κ2) is 5.77. The summed E-state index contributed by atoms with van der Waals surface area (Å²) >= 11 is 0. The third-order valence-electron chi connectivity index (χ3n) is 4.97. The van der Waals surface area contributed by atoms with Crippen LogP contribution in [0.5, 0.6) is 0 Å². The lowest BCUT2D eigenvalue weighted by Gasteiger charge is -2.40. The molecule has 2 rings (SSSR count). The van der Waals surface area contributed by atoms with Gasteiger partial charge >= 0.3 is 5.97 Å². The van der Waals surface area contributed by atoms with Crippen molar-refractivity contribution in [1.29, 1.82) is 0 Å². The van der Waals surface area contributed by atoms with Crippen LogP contribution in [0.2, 0.25) is 0 Å². The van der Waals surface area contributed by atoms with E-state index in [-0.39, 0.29) is 0 Å². The van der Waals surface area contributed by atoms with Crippen molar-refractivity contribution < 1.29 is 9.90 Å². The van der Waals surface area contributed by atoms with Gasteiger partial charge in [0, 0.05) is 38.3 Å². The zero-order valence-electron chi connectivity index (χ0n) is 12.4. The molecule has 0 aromatic rings. The number of piperazine rings is 1. The van der Waals surface area contributed by atoms with E-state index in [4.69, 9.17) is 0 Å². The number of aliphatic carboxylic acids is 1. The van der Waals surface area contributed by atoms with Gasteiger partial charge in [0.1, 0.15) is 5.54 Å². The van der Waals surface area contributed by atoms with Gasteiger partial charge in [-0.1, -0.05) is 0 Å². The summed E-state index contributed by atoms with van der Waals surface area (Å²) in [5.74, 6) is -0.696. The lowest BCUT2D eigenvalue weighted by Crippen LogP contribution is -2.53. The van der Waals surface area contributed by atoms with E-state index in [0.717, 1.165) is 45.4 Å². The third kappa shape index (κ3) is 2.93. The maximum absolute atomic E-state index is 11.4. The van der Waals surface area contributed by atoms with E-state index in [9.17, 15) is 9.90 Å². The summed E-state index contributed by atoms with van der Waals surface area (Å²) in [6, 6.07) is 1.04. The van der Waals surface area contributed by atoms with Crippen LogP contribution in [0.4, 0.5) is 0 Å². The molecule has 5 nitrogen and oxygen atoms in total. The van der Waals surface area contributed by atoms with Gasteiger partial charge in [0.25, 0.3) is 0 Å². The molecule has 0 aromatic carbocycles. The number of carbonyl (C=O) groups is 1. The van der Waals surface area contributed by atoms with Gasteiger partial charge in [-0.2, -0.15) is 0 Å². The smallest absolute Gasteiger partial charge is 0.323 e. The van der Waals surface area contributed by atoms with Gasteiger partial charge in [-0.3, -0.25) is 14.6 Å². The first-order valence-electron chi connectivity index (χ1n) is 7.39. The first kappa shape index (κ1) is 14.8. The number of rotatable bonds is 4. The highest BCUT2D eigenvalue weighted by Gasteiger charge is 2.46. The highest BCUT2D eigenvalue weighted by molar-refractivity contribution is 5.79. The standard InChI is InChI=1S/C14H27N3O2/c1-11(2)16-6-8-17(9-7-16)12-4-5-14(10-12,15-3)13(18)19/h11-12,15H,4-10H2,1-3H3,(H,18,19). The van der Waals surface area contributed by atoms with Crippen LogP contribution in [0.15, 0.2) is 0 Å². The zero-order valence-corrected chi connectivity index (χ0v) is 12.4. The Morgan fingerprint density at radius 3 is 2.37 bits per heavy atom. The normalized spacial score (nSPS) is 34.0. The Morgan fingerprint density at radius 2 is 1.95 bits per heavy atom. The van der Waals surface area contributed by atoms with Crippen molar-refractivity contribution in [3.8, 4) is 0 Å². The summed E-state index contributed by atoms with van der Waals surface area (Å²) in [6.07, 6.45) is 2.48. The van der Waals surface area contributed by atoms with Crippen LogP contribution in [0.3, 0.4) is 0 Å². The highest BCUT2D eigenvalue weighted by atomic mass is 16.4. The molecule has 1 saturated carbocycles. The maximum Gasteiger partial charge on any atom is 0.323 e. The molecule has 0 aromatic heterocycles. The van der Waals surface area contributed by atoms with Crippen LogP contribution in [0.25, 0.3) is 0 Å². The predicted octanol–water partition coefficient (Wildman–Crippen LogP) is 0.608. The SMILES string of the molecule is CNC1(C(=O)O)CCC(N2CCN(C(C)C)CC2)C1. The van der Waals surface area contributed by atoms with Crippen molar-refractivity contribution in [1.82, 2.24) is 15.1 Å². The quantitative estimate of drug-likeness (QED) is 0.783. The molecular formula is C14H27N3O2. The van der Waals surface area contributed by atoms with E-state index in [0.29, 0.717) is 12.1 Å². The minimum absolute atomic E-state index is 0.429. The van der Waals surface area contributed by atoms with E-state index in [2.05, 4.69) is 29.0 Å². The molecule has 0 radical (unpaired) electrons. The molecular weight excluding hydrogens is 242 g/mol. The Balaban J connectivity index is 1.90. The number of hydrogen-bond acceptors (Lipinski definition) is 4. The highest BCUT2D eigenvalue weighted by Crippen LogP contribution is 2.33. The molecule has 0 spiro atoms. The van der Waals surface area contributed by atoms with Gasteiger partial charge in [0.2, 0.25) is 0 Å². The average Bonchev–Trinajstić information content (AvgIpc) is 2.84. The van der Waals surface area contributed by atoms with Crippen molar-refractivity contribution in [2.24, 2.45) is 0 Å². The van der Waals surface area contributed by atoms with E-state index in [1.165, 1.54) is 0 Å². The van der Waals surface area contributed by atoms with Gasteiger partial charge in [0.15, 0.2) is 0 Å². The zero-order chi connectivity index (χ0) is 14.0. The molecule has 2 fully saturated rings. The molecule has 1 aliphatic carbocycles. The van der Waals surface area contributed by atoms with Crippen LogP contribution >= 0.6 is 0 Å². The number of likely N-dealkylation sites (N-methyl/N-ethyl adjacent to an activating group) is 1.